The number of hydrogen-bond acceptors (Lipinski definition) is 16. The number of nitrogens with one attached hydrogen (secondary N) is 3. The van der Waals surface area contributed by atoms with Crippen LogP contribution in [0.1, 0.15) is 115 Å². The van der Waals surface area contributed by atoms with Gasteiger partial charge in [-0.05, 0) is 108 Å². The highest BCUT2D eigenvalue weighted by Gasteiger charge is 2.44. The number of carbonyl (C=O) groups excluding carboxylic acids is 4. The average Bonchev–Trinajstić information content (AvgIpc) is 4.16. The highest BCUT2D eigenvalue weighted by atomic mass is 35.5. The van der Waals surface area contributed by atoms with Crippen LogP contribution in [-0.2, 0) is 25.7 Å². The molecule has 21 heteroatoms. The molecule has 3 saturated heterocycles. The van der Waals surface area contributed by atoms with Crippen LogP contribution in [0, 0.1) is 31.1 Å². The van der Waals surface area contributed by atoms with E-state index in [-0.39, 0.29) is 66.6 Å². The zero-order valence-corrected chi connectivity index (χ0v) is 48.2. The predicted molar refractivity (Wildman–Crippen MR) is 301 cm³/mol. The predicted octanol–water partition coefficient (Wildman–Crippen LogP) is 9.42. The van der Waals surface area contributed by atoms with E-state index in [2.05, 4.69) is 37.9 Å². The Hall–Kier alpha value is -5.96. The maximum atomic E-state index is 14.0. The lowest BCUT2D eigenvalue weighted by atomic mass is 9.80. The summed E-state index contributed by atoms with van der Waals surface area (Å²) in [5.41, 5.74) is 5.35. The molecule has 3 aliphatic heterocycles. The van der Waals surface area contributed by atoms with Crippen molar-refractivity contribution in [2.24, 2.45) is 17.3 Å². The highest BCUT2D eigenvalue weighted by molar-refractivity contribution is 7.99. The first-order chi connectivity index (χ1) is 37.2. The van der Waals surface area contributed by atoms with Crippen LogP contribution in [0.2, 0.25) is 5.02 Å². The van der Waals surface area contributed by atoms with E-state index in [4.69, 9.17) is 35.6 Å². The Labute approximate surface area is 470 Å². The number of aromatic nitrogens is 4. The Morgan fingerprint density at radius 2 is 1.73 bits per heavy atom. The second-order valence-electron chi connectivity index (χ2n) is 23.1. The van der Waals surface area contributed by atoms with Crippen molar-refractivity contribution >= 4 is 70.0 Å². The number of carbonyl (C=O) groups is 4. The van der Waals surface area contributed by atoms with Crippen LogP contribution in [0.3, 0.4) is 0 Å². The lowest BCUT2D eigenvalue weighted by molar-refractivity contribution is -0.141. The fourth-order valence-electron chi connectivity index (χ4n) is 10.8. The van der Waals surface area contributed by atoms with Crippen molar-refractivity contribution < 1.29 is 38.3 Å². The molecule has 3 aromatic heterocycles. The molecule has 1 saturated carbocycles. The van der Waals surface area contributed by atoms with Gasteiger partial charge in [-0.2, -0.15) is 0 Å². The third-order valence-corrected chi connectivity index (χ3v) is 17.8. The number of benzene rings is 2. The third kappa shape index (κ3) is 13.7. The summed E-state index contributed by atoms with van der Waals surface area (Å²) in [7, 11) is 0. The Balaban J connectivity index is 0.746. The fraction of sp³-hybridized carbons (Fsp3) is 0.544. The van der Waals surface area contributed by atoms with E-state index in [1.165, 1.54) is 16.7 Å². The molecule has 2 aromatic carbocycles. The number of hydrogen-bond donors (Lipinski definition) is 4. The fourth-order valence-corrected chi connectivity index (χ4v) is 12.7. The zero-order valence-electron chi connectivity index (χ0n) is 45.8. The molecule has 4 amide bonds. The van der Waals surface area contributed by atoms with Gasteiger partial charge in [-0.3, -0.25) is 14.4 Å². The van der Waals surface area contributed by atoms with Crippen LogP contribution in [-0.4, -0.2) is 128 Å². The average molecular weight is 1130 g/mol. The largest absolute Gasteiger partial charge is 0.490 e. The number of piperidine rings is 1. The van der Waals surface area contributed by atoms with E-state index in [1.54, 1.807) is 36.7 Å². The van der Waals surface area contributed by atoms with Crippen molar-refractivity contribution in [1.82, 2.24) is 40.5 Å². The van der Waals surface area contributed by atoms with E-state index in [0.29, 0.717) is 67.5 Å². The first-order valence-electron chi connectivity index (χ1n) is 27.1. The maximum Gasteiger partial charge on any atom is 0.407 e. The molecule has 9 rings (SSSR count). The quantitative estimate of drug-likeness (QED) is 0.0682. The highest BCUT2D eigenvalue weighted by Crippen LogP contribution is 2.40. The summed E-state index contributed by atoms with van der Waals surface area (Å²) in [6, 6.07) is 12.8. The van der Waals surface area contributed by atoms with Gasteiger partial charge in [0.05, 0.1) is 63.1 Å². The number of β-amino-alcohol motifs (C(OH)–C–C–N with tert-alkyl or cyclic N) is 1. The minimum absolute atomic E-state index is 0.0376. The number of aliphatic hydroxyl groups is 1. The summed E-state index contributed by atoms with van der Waals surface area (Å²) in [6.45, 7) is 18.9. The van der Waals surface area contributed by atoms with Gasteiger partial charge in [-0.1, -0.05) is 67.5 Å². The zero-order chi connectivity index (χ0) is 55.5. The van der Waals surface area contributed by atoms with Gasteiger partial charge < -0.3 is 49.8 Å². The summed E-state index contributed by atoms with van der Waals surface area (Å²) >= 11 is 9.99. The van der Waals surface area contributed by atoms with Crippen LogP contribution >= 0.6 is 34.7 Å². The Bertz CT molecular complexity index is 2930. The molecule has 4 fully saturated rings. The van der Waals surface area contributed by atoms with E-state index >= 15 is 0 Å². The molecule has 3 atom stereocenters. The second kappa shape index (κ2) is 24.2. The van der Waals surface area contributed by atoms with Gasteiger partial charge in [0, 0.05) is 74.7 Å². The monoisotopic (exact) mass is 1120 g/mol. The number of likely N-dealkylation sites (tertiary alicyclic amines) is 2. The van der Waals surface area contributed by atoms with Crippen LogP contribution in [0.15, 0.2) is 74.8 Å². The number of nitrogens with zero attached hydrogens (tertiary/aromatic N) is 7. The molecule has 0 bridgehead atoms. The molecule has 4 aliphatic rings. The van der Waals surface area contributed by atoms with Gasteiger partial charge >= 0.3 is 6.09 Å². The normalized spacial score (nSPS) is 21.0. The Morgan fingerprint density at radius 3 is 2.38 bits per heavy atom. The molecule has 5 aromatic rings. The van der Waals surface area contributed by atoms with E-state index < -0.39 is 29.8 Å². The Morgan fingerprint density at radius 1 is 0.974 bits per heavy atom. The van der Waals surface area contributed by atoms with Gasteiger partial charge in [0.2, 0.25) is 17.7 Å². The van der Waals surface area contributed by atoms with Crippen molar-refractivity contribution in [3.8, 4) is 16.2 Å². The molecule has 78 heavy (non-hydrogen) atoms. The van der Waals surface area contributed by atoms with E-state index in [9.17, 15) is 24.3 Å². The van der Waals surface area contributed by atoms with Crippen molar-refractivity contribution in [1.29, 1.82) is 0 Å². The molecular formula is C57H73ClN10O8S2. The first kappa shape index (κ1) is 56.7. The van der Waals surface area contributed by atoms with Crippen molar-refractivity contribution in [2.45, 2.75) is 153 Å². The number of halogens is 1. The SMILES string of the molecule is Cc1cc(C(C(=O)N2C[C@H](O)C[C@H]2C(=O)NCc2ccc(-c3scnc3C)cc2OC2CCC(C(=O)N3CC(Nc4cccc(Sc5cnc(N6CCC(C)(CNC(=O)OC(C)(C)C)CC6)cn5)c4Cl)C3)CC2)C(C)C)on1. The van der Waals surface area contributed by atoms with Gasteiger partial charge in [-0.15, -0.1) is 11.3 Å². The number of ether oxygens (including phenoxy) is 2. The lowest BCUT2D eigenvalue weighted by Crippen LogP contribution is -2.58. The number of aliphatic hydroxyl groups excluding tert-OH is 1. The number of thiazole rings is 1. The number of amides is 4. The molecule has 0 radical (unpaired) electrons. The number of aryl methyl sites for hydroxylation is 2. The van der Waals surface area contributed by atoms with E-state index in [0.717, 1.165) is 69.1 Å². The minimum atomic E-state index is -0.860. The standard InChI is InChI=1S/C57H73ClN10O8S2/c1-33(2)49(45-22-34(3)65-76-45)54(72)68-30-40(69)24-43(68)52(70)61-25-38-13-12-37(51-35(4)63-32-77-51)23-44(38)74-41-16-14-36(15-17-41)53(71)67-28-39(29-67)64-42-10-9-11-46(50(42)58)78-48-27-59-47(26-60-48)66-20-18-57(8,19-21-66)31-62-55(73)75-56(5,6)7/h9-13,22-23,26-27,32-33,36,39-41,43,49,64,69H,14-21,24-25,28-31H2,1-8H3,(H,61,70)(H,62,73)/t36?,40-,41?,43+,49?/m1/s1. The summed E-state index contributed by atoms with van der Waals surface area (Å²) in [4.78, 5) is 75.5. The van der Waals surface area contributed by atoms with Crippen molar-refractivity contribution in [3.63, 3.8) is 0 Å². The molecule has 0 spiro atoms. The van der Waals surface area contributed by atoms with Gasteiger partial charge in [0.1, 0.15) is 39.9 Å². The first-order valence-corrected chi connectivity index (χ1v) is 29.2. The third-order valence-electron chi connectivity index (χ3n) is 15.3. The smallest absolute Gasteiger partial charge is 0.407 e. The topological polar surface area (TPSA) is 217 Å². The van der Waals surface area contributed by atoms with Crippen LogP contribution in [0.25, 0.3) is 10.4 Å². The molecule has 418 valence electrons. The number of rotatable bonds is 17. The molecule has 1 aliphatic carbocycles. The summed E-state index contributed by atoms with van der Waals surface area (Å²) < 4.78 is 17.7. The van der Waals surface area contributed by atoms with Crippen LogP contribution < -0.4 is 25.6 Å². The molecule has 1 unspecified atom stereocenters. The molecule has 18 nitrogen and oxygen atoms in total. The summed E-state index contributed by atoms with van der Waals surface area (Å²) in [6.07, 6.45) is 6.91. The Kier molecular flexibility index (Phi) is 17.6. The summed E-state index contributed by atoms with van der Waals surface area (Å²) in [5.74, 6) is 0.525. The van der Waals surface area contributed by atoms with E-state index in [1.807, 2.05) is 88.4 Å². The summed E-state index contributed by atoms with van der Waals surface area (Å²) in [5, 5.41) is 25.6. The molecule has 4 N–H and O–H groups in total. The van der Waals surface area contributed by atoms with Gasteiger partial charge in [0.15, 0.2) is 0 Å². The van der Waals surface area contributed by atoms with Gasteiger partial charge in [-0.25, -0.2) is 19.7 Å². The maximum absolute atomic E-state index is 14.0. The lowest BCUT2D eigenvalue weighted by Gasteiger charge is -2.43. The van der Waals surface area contributed by atoms with Crippen LogP contribution in [0.4, 0.5) is 16.3 Å². The van der Waals surface area contributed by atoms with Gasteiger partial charge in [0.25, 0.3) is 0 Å². The van der Waals surface area contributed by atoms with Crippen LogP contribution in [0.5, 0.6) is 5.75 Å². The minimum Gasteiger partial charge on any atom is -0.490 e. The van der Waals surface area contributed by atoms with Crippen molar-refractivity contribution in [3.05, 3.63) is 88.1 Å². The molecule has 6 heterocycles. The molecular weight excluding hydrogens is 1050 g/mol. The van der Waals surface area contributed by atoms with Crippen molar-refractivity contribution in [2.75, 3.05) is 49.5 Å². The second-order valence-corrected chi connectivity index (χ2v) is 25.4. The number of alkyl carbamates (subject to hydrolysis) is 1. The number of anilines is 2.